The smallest absolute Gasteiger partial charge is 0.407 e. The van der Waals surface area contributed by atoms with E-state index in [-0.39, 0.29) is 0 Å². The largest absolute Gasteiger partial charge is 0.444 e. The zero-order valence-electron chi connectivity index (χ0n) is 10.3. The third-order valence-corrected chi connectivity index (χ3v) is 1.68. The van der Waals surface area contributed by atoms with Gasteiger partial charge < -0.3 is 15.8 Å². The lowest BCUT2D eigenvalue weighted by Crippen LogP contribution is -2.32. The van der Waals surface area contributed by atoms with Crippen molar-refractivity contribution in [2.45, 2.75) is 26.4 Å². The van der Waals surface area contributed by atoms with Crippen molar-refractivity contribution in [1.29, 1.82) is 0 Å². The first-order valence-corrected chi connectivity index (χ1v) is 5.31. The van der Waals surface area contributed by atoms with E-state index >= 15 is 0 Å². The van der Waals surface area contributed by atoms with Crippen molar-refractivity contribution in [1.82, 2.24) is 15.5 Å². The van der Waals surface area contributed by atoms with E-state index in [9.17, 15) is 4.79 Å². The van der Waals surface area contributed by atoms with E-state index in [2.05, 4.69) is 15.5 Å². The maximum atomic E-state index is 11.3. The number of hydrogen-bond donors (Lipinski definition) is 3. The van der Waals surface area contributed by atoms with Crippen molar-refractivity contribution < 1.29 is 9.53 Å². The van der Waals surface area contributed by atoms with Gasteiger partial charge in [0.05, 0.1) is 5.69 Å². The number of aromatic amines is 1. The first-order chi connectivity index (χ1) is 7.87. The molecule has 0 saturated carbocycles. The number of hydrogen-bond acceptors (Lipinski definition) is 4. The molecule has 0 aliphatic carbocycles. The number of amides is 1. The minimum atomic E-state index is -0.481. The molecule has 0 spiro atoms. The summed E-state index contributed by atoms with van der Waals surface area (Å²) in [6.07, 6.45) is 3.11. The summed E-state index contributed by atoms with van der Waals surface area (Å²) in [4.78, 5) is 11.3. The summed E-state index contributed by atoms with van der Waals surface area (Å²) in [5.41, 5.74) is 5.74. The number of H-pyrrole nitrogens is 1. The second kappa shape index (κ2) is 5.38. The van der Waals surface area contributed by atoms with E-state index in [0.717, 1.165) is 5.69 Å². The van der Waals surface area contributed by atoms with E-state index in [1.165, 1.54) is 0 Å². The molecule has 1 aromatic rings. The maximum Gasteiger partial charge on any atom is 0.407 e. The third kappa shape index (κ3) is 5.60. The van der Waals surface area contributed by atoms with Gasteiger partial charge in [-0.25, -0.2) is 4.79 Å². The standard InChI is InChI=1S/C11H18N4O2/c1-11(2,3)17-10(16)13-6-4-5-8-7-9(12)15-14-8/h4-5,7H,6H2,1-3H3,(H,13,16)(H3,12,14,15). The van der Waals surface area contributed by atoms with Crippen LogP contribution in [-0.4, -0.2) is 28.4 Å². The van der Waals surface area contributed by atoms with Crippen LogP contribution >= 0.6 is 0 Å². The number of nitrogens with one attached hydrogen (secondary N) is 2. The van der Waals surface area contributed by atoms with Crippen LogP contribution in [0.4, 0.5) is 10.6 Å². The fourth-order valence-corrected chi connectivity index (χ4v) is 1.08. The van der Waals surface area contributed by atoms with Crippen molar-refractivity contribution in [3.8, 4) is 0 Å². The predicted octanol–water partition coefficient (Wildman–Crippen LogP) is 1.53. The van der Waals surface area contributed by atoms with Gasteiger partial charge in [0.25, 0.3) is 0 Å². The summed E-state index contributed by atoms with van der Waals surface area (Å²) in [6.45, 7) is 5.83. The van der Waals surface area contributed by atoms with E-state index in [4.69, 9.17) is 10.5 Å². The zero-order valence-corrected chi connectivity index (χ0v) is 10.3. The topological polar surface area (TPSA) is 93.0 Å². The molecule has 6 heteroatoms. The SMILES string of the molecule is CC(C)(C)OC(=O)NCC=Cc1cc(N)n[nH]1. The van der Waals surface area contributed by atoms with Crippen LogP contribution in [0.25, 0.3) is 6.08 Å². The number of anilines is 1. The number of carbonyl (C=O) groups excluding carboxylic acids is 1. The molecular weight excluding hydrogens is 220 g/mol. The number of nitrogens with zero attached hydrogens (tertiary/aromatic N) is 1. The molecule has 0 aromatic carbocycles. The minimum absolute atomic E-state index is 0.383. The normalized spacial score (nSPS) is 11.7. The Morgan fingerprint density at radius 1 is 1.65 bits per heavy atom. The third-order valence-electron chi connectivity index (χ3n) is 1.68. The monoisotopic (exact) mass is 238 g/mol. The van der Waals surface area contributed by atoms with Crippen molar-refractivity contribution >= 4 is 18.0 Å². The molecule has 0 bridgehead atoms. The van der Waals surface area contributed by atoms with Crippen LogP contribution in [0.15, 0.2) is 12.1 Å². The van der Waals surface area contributed by atoms with Gasteiger partial charge in [0.1, 0.15) is 11.4 Å². The van der Waals surface area contributed by atoms with Gasteiger partial charge in [-0.15, -0.1) is 0 Å². The van der Waals surface area contributed by atoms with Crippen molar-refractivity contribution in [2.24, 2.45) is 0 Å². The molecule has 17 heavy (non-hydrogen) atoms. The molecular formula is C11H18N4O2. The second-order valence-electron chi connectivity index (χ2n) is 4.53. The molecule has 1 amide bonds. The first kappa shape index (κ1) is 13.1. The van der Waals surface area contributed by atoms with Gasteiger partial charge in [0.2, 0.25) is 0 Å². The van der Waals surface area contributed by atoms with Crippen LogP contribution in [0.2, 0.25) is 0 Å². The van der Waals surface area contributed by atoms with E-state index in [1.807, 2.05) is 20.8 Å². The Balaban J connectivity index is 2.28. The highest BCUT2D eigenvalue weighted by molar-refractivity contribution is 5.68. The molecule has 0 saturated heterocycles. The van der Waals surface area contributed by atoms with Gasteiger partial charge in [-0.3, -0.25) is 5.10 Å². The van der Waals surface area contributed by atoms with Crippen LogP contribution in [0.1, 0.15) is 26.5 Å². The quantitative estimate of drug-likeness (QED) is 0.744. The summed E-state index contributed by atoms with van der Waals surface area (Å²) in [5, 5.41) is 9.10. The van der Waals surface area contributed by atoms with Crippen LogP contribution in [0.5, 0.6) is 0 Å². The van der Waals surface area contributed by atoms with Gasteiger partial charge in [0.15, 0.2) is 0 Å². The summed E-state index contributed by atoms with van der Waals surface area (Å²) >= 11 is 0. The van der Waals surface area contributed by atoms with Gasteiger partial charge >= 0.3 is 6.09 Å². The number of carbonyl (C=O) groups is 1. The highest BCUT2D eigenvalue weighted by Crippen LogP contribution is 2.06. The number of nitrogen functional groups attached to an aromatic ring is 1. The number of alkyl carbamates (subject to hydrolysis) is 1. The van der Waals surface area contributed by atoms with Crippen molar-refractivity contribution in [3.05, 3.63) is 17.8 Å². The van der Waals surface area contributed by atoms with E-state index in [1.54, 1.807) is 18.2 Å². The molecule has 0 atom stereocenters. The van der Waals surface area contributed by atoms with Crippen molar-refractivity contribution in [3.63, 3.8) is 0 Å². The molecule has 1 heterocycles. The first-order valence-electron chi connectivity index (χ1n) is 5.31. The fraction of sp³-hybridized carbons (Fsp3) is 0.455. The second-order valence-corrected chi connectivity index (χ2v) is 4.53. The Bertz CT molecular complexity index is 404. The zero-order chi connectivity index (χ0) is 12.9. The van der Waals surface area contributed by atoms with Gasteiger partial charge in [-0.05, 0) is 26.8 Å². The Kier molecular flexibility index (Phi) is 4.14. The molecule has 0 unspecified atom stereocenters. The predicted molar refractivity (Wildman–Crippen MR) is 66.3 cm³/mol. The minimum Gasteiger partial charge on any atom is -0.444 e. The fourth-order valence-electron chi connectivity index (χ4n) is 1.08. The average Bonchev–Trinajstić information content (AvgIpc) is 2.56. The molecule has 1 aromatic heterocycles. The molecule has 0 aliphatic rings. The van der Waals surface area contributed by atoms with Crippen LogP contribution in [0.3, 0.4) is 0 Å². The lowest BCUT2D eigenvalue weighted by atomic mass is 10.2. The summed E-state index contributed by atoms with van der Waals surface area (Å²) in [7, 11) is 0. The Hall–Kier alpha value is -1.98. The molecule has 6 nitrogen and oxygen atoms in total. The Morgan fingerprint density at radius 3 is 2.88 bits per heavy atom. The molecule has 1 rings (SSSR count). The van der Waals surface area contributed by atoms with E-state index in [0.29, 0.717) is 12.4 Å². The summed E-state index contributed by atoms with van der Waals surface area (Å²) in [5.74, 6) is 0.435. The Morgan fingerprint density at radius 2 is 2.35 bits per heavy atom. The molecule has 0 radical (unpaired) electrons. The summed E-state index contributed by atoms with van der Waals surface area (Å²) < 4.78 is 5.07. The van der Waals surface area contributed by atoms with Crippen LogP contribution < -0.4 is 11.1 Å². The average molecular weight is 238 g/mol. The van der Waals surface area contributed by atoms with Crippen LogP contribution in [0, 0.1) is 0 Å². The molecule has 0 aliphatic heterocycles. The lowest BCUT2D eigenvalue weighted by molar-refractivity contribution is 0.0534. The van der Waals surface area contributed by atoms with Crippen molar-refractivity contribution in [2.75, 3.05) is 12.3 Å². The molecule has 0 fully saturated rings. The number of nitrogens with two attached hydrogens (primary N) is 1. The summed E-state index contributed by atoms with van der Waals surface area (Å²) in [6, 6.07) is 1.70. The number of aromatic nitrogens is 2. The molecule has 94 valence electrons. The van der Waals surface area contributed by atoms with Gasteiger partial charge in [-0.1, -0.05) is 6.08 Å². The number of rotatable bonds is 3. The Labute approximate surface area is 100 Å². The highest BCUT2D eigenvalue weighted by Gasteiger charge is 2.14. The van der Waals surface area contributed by atoms with Gasteiger partial charge in [-0.2, -0.15) is 5.10 Å². The van der Waals surface area contributed by atoms with E-state index < -0.39 is 11.7 Å². The molecule has 4 N–H and O–H groups in total. The maximum absolute atomic E-state index is 11.3. The van der Waals surface area contributed by atoms with Crippen LogP contribution in [-0.2, 0) is 4.74 Å². The van der Waals surface area contributed by atoms with Gasteiger partial charge in [0, 0.05) is 12.6 Å². The highest BCUT2D eigenvalue weighted by atomic mass is 16.6. The lowest BCUT2D eigenvalue weighted by Gasteiger charge is -2.19. The number of ether oxygens (including phenoxy) is 1.